The maximum absolute atomic E-state index is 12.0. The second kappa shape index (κ2) is 12.4. The second-order valence-corrected chi connectivity index (χ2v) is 8.45. The molecule has 27 heavy (non-hydrogen) atoms. The third-order valence-electron chi connectivity index (χ3n) is 4.48. The SMILES string of the molecule is CN=C(NCCS(=O)(=O)NCC1CCC1)N(C)CCOc1ccccc1.I. The number of aliphatic imine (C=N–C) groups is 1. The van der Waals surface area contributed by atoms with Crippen molar-refractivity contribution in [1.29, 1.82) is 0 Å². The van der Waals surface area contributed by atoms with Crippen LogP contribution in [0, 0.1) is 5.92 Å². The van der Waals surface area contributed by atoms with E-state index in [0.717, 1.165) is 18.6 Å². The van der Waals surface area contributed by atoms with Crippen molar-refractivity contribution in [3.05, 3.63) is 30.3 Å². The van der Waals surface area contributed by atoms with Gasteiger partial charge in [-0.2, -0.15) is 0 Å². The number of sulfonamides is 1. The number of nitrogens with zero attached hydrogens (tertiary/aromatic N) is 2. The number of nitrogens with one attached hydrogen (secondary N) is 2. The average molecular weight is 510 g/mol. The molecule has 0 unspecified atom stereocenters. The van der Waals surface area contributed by atoms with E-state index in [1.165, 1.54) is 6.42 Å². The van der Waals surface area contributed by atoms with Crippen LogP contribution in [0.25, 0.3) is 0 Å². The van der Waals surface area contributed by atoms with E-state index in [-0.39, 0.29) is 29.7 Å². The van der Waals surface area contributed by atoms with Gasteiger partial charge in [0.05, 0.1) is 12.3 Å². The maximum atomic E-state index is 12.0. The Labute approximate surface area is 180 Å². The van der Waals surface area contributed by atoms with Gasteiger partial charge in [-0.3, -0.25) is 4.99 Å². The molecule has 0 amide bonds. The molecule has 1 aliphatic carbocycles. The van der Waals surface area contributed by atoms with Crippen LogP contribution in [0.1, 0.15) is 19.3 Å². The van der Waals surface area contributed by atoms with Crippen molar-refractivity contribution in [3.8, 4) is 5.75 Å². The van der Waals surface area contributed by atoms with Gasteiger partial charge in [0.1, 0.15) is 12.4 Å². The predicted octanol–water partition coefficient (Wildman–Crippen LogP) is 1.91. The molecular formula is C18H31IN4O3S. The van der Waals surface area contributed by atoms with Crippen molar-refractivity contribution in [2.75, 3.05) is 46.1 Å². The van der Waals surface area contributed by atoms with Crippen LogP contribution in [0.15, 0.2) is 35.3 Å². The van der Waals surface area contributed by atoms with Crippen molar-refractivity contribution < 1.29 is 13.2 Å². The minimum atomic E-state index is -3.25. The molecule has 1 fully saturated rings. The highest BCUT2D eigenvalue weighted by atomic mass is 127. The van der Waals surface area contributed by atoms with Crippen LogP contribution in [-0.4, -0.2) is 65.4 Å². The first-order valence-electron chi connectivity index (χ1n) is 9.07. The molecule has 154 valence electrons. The number of guanidine groups is 1. The monoisotopic (exact) mass is 510 g/mol. The first-order valence-corrected chi connectivity index (χ1v) is 10.7. The second-order valence-electron chi connectivity index (χ2n) is 6.52. The first-order chi connectivity index (χ1) is 12.5. The van der Waals surface area contributed by atoms with Gasteiger partial charge in [0.2, 0.25) is 10.0 Å². The number of likely N-dealkylation sites (N-methyl/N-ethyl adjacent to an activating group) is 1. The summed E-state index contributed by atoms with van der Waals surface area (Å²) in [5.41, 5.74) is 0. The van der Waals surface area contributed by atoms with E-state index in [1.54, 1.807) is 7.05 Å². The molecule has 0 spiro atoms. The number of ether oxygens (including phenoxy) is 1. The summed E-state index contributed by atoms with van der Waals surface area (Å²) in [7, 11) is 0.331. The van der Waals surface area contributed by atoms with E-state index in [2.05, 4.69) is 15.0 Å². The summed E-state index contributed by atoms with van der Waals surface area (Å²) in [6.45, 7) is 2.04. The molecule has 0 aliphatic heterocycles. The van der Waals surface area contributed by atoms with Crippen molar-refractivity contribution in [3.63, 3.8) is 0 Å². The van der Waals surface area contributed by atoms with Crippen molar-refractivity contribution >= 4 is 40.0 Å². The maximum Gasteiger partial charge on any atom is 0.213 e. The van der Waals surface area contributed by atoms with Crippen LogP contribution in [0.5, 0.6) is 5.75 Å². The van der Waals surface area contributed by atoms with Crippen molar-refractivity contribution in [2.24, 2.45) is 10.9 Å². The van der Waals surface area contributed by atoms with Crippen molar-refractivity contribution in [1.82, 2.24) is 14.9 Å². The number of rotatable bonds is 10. The van der Waals surface area contributed by atoms with E-state index in [9.17, 15) is 8.42 Å². The Morgan fingerprint density at radius 1 is 1.30 bits per heavy atom. The zero-order valence-electron chi connectivity index (χ0n) is 16.1. The van der Waals surface area contributed by atoms with E-state index in [4.69, 9.17) is 4.74 Å². The molecule has 2 N–H and O–H groups in total. The van der Waals surface area contributed by atoms with Gasteiger partial charge < -0.3 is 15.0 Å². The fourth-order valence-corrected chi connectivity index (χ4v) is 3.62. The summed E-state index contributed by atoms with van der Waals surface area (Å²) in [5, 5.41) is 3.09. The molecule has 2 rings (SSSR count). The highest BCUT2D eigenvalue weighted by molar-refractivity contribution is 14.0. The molecule has 0 radical (unpaired) electrons. The minimum Gasteiger partial charge on any atom is -0.492 e. The van der Waals surface area contributed by atoms with Gasteiger partial charge in [-0.15, -0.1) is 24.0 Å². The molecule has 0 aromatic heterocycles. The van der Waals surface area contributed by atoms with Gasteiger partial charge in [-0.25, -0.2) is 13.1 Å². The number of halogens is 1. The third kappa shape index (κ3) is 9.11. The fraction of sp³-hybridized carbons (Fsp3) is 0.611. The Hall–Kier alpha value is -1.07. The number of hydrogen-bond donors (Lipinski definition) is 2. The molecule has 1 aliphatic rings. The Morgan fingerprint density at radius 2 is 2.00 bits per heavy atom. The van der Waals surface area contributed by atoms with Crippen LogP contribution in [0.2, 0.25) is 0 Å². The standard InChI is InChI=1S/C18H30N4O3S.HI/c1-19-18(22(2)12-13-25-17-9-4-3-5-10-17)20-11-14-26(23,24)21-15-16-7-6-8-16;/h3-5,9-10,16,21H,6-8,11-15H2,1-2H3,(H,19,20);1H. The highest BCUT2D eigenvalue weighted by Gasteiger charge is 2.20. The Kier molecular flexibility index (Phi) is 11.0. The number of benzene rings is 1. The molecule has 9 heteroatoms. The van der Waals surface area contributed by atoms with Gasteiger partial charge in [0.25, 0.3) is 0 Å². The summed E-state index contributed by atoms with van der Waals surface area (Å²) >= 11 is 0. The quantitative estimate of drug-likeness (QED) is 0.286. The highest BCUT2D eigenvalue weighted by Crippen LogP contribution is 2.25. The van der Waals surface area contributed by atoms with Crippen LogP contribution in [0.4, 0.5) is 0 Å². The van der Waals surface area contributed by atoms with Crippen LogP contribution >= 0.6 is 24.0 Å². The Bertz CT molecular complexity index is 666. The lowest BCUT2D eigenvalue weighted by Crippen LogP contribution is -2.44. The zero-order valence-corrected chi connectivity index (χ0v) is 19.2. The molecule has 0 bridgehead atoms. The molecule has 1 aromatic carbocycles. The summed E-state index contributed by atoms with van der Waals surface area (Å²) < 4.78 is 32.4. The molecule has 0 atom stereocenters. The molecule has 1 saturated carbocycles. The van der Waals surface area contributed by atoms with Gasteiger partial charge in [0, 0.05) is 27.2 Å². The topological polar surface area (TPSA) is 83.0 Å². The average Bonchev–Trinajstić information content (AvgIpc) is 2.58. The lowest BCUT2D eigenvalue weighted by atomic mass is 9.86. The smallest absolute Gasteiger partial charge is 0.213 e. The number of para-hydroxylation sites is 1. The number of hydrogen-bond acceptors (Lipinski definition) is 4. The predicted molar refractivity (Wildman–Crippen MR) is 120 cm³/mol. The van der Waals surface area contributed by atoms with Crippen LogP contribution in [-0.2, 0) is 10.0 Å². The first kappa shape index (κ1) is 24.0. The molecule has 7 nitrogen and oxygen atoms in total. The summed E-state index contributed by atoms with van der Waals surface area (Å²) in [6, 6.07) is 9.63. The van der Waals surface area contributed by atoms with E-state index >= 15 is 0 Å². The molecule has 1 aromatic rings. The fourth-order valence-electron chi connectivity index (χ4n) is 2.62. The van der Waals surface area contributed by atoms with Gasteiger partial charge >= 0.3 is 0 Å². The Morgan fingerprint density at radius 3 is 2.59 bits per heavy atom. The van der Waals surface area contributed by atoms with E-state index in [1.807, 2.05) is 42.3 Å². The van der Waals surface area contributed by atoms with Gasteiger partial charge in [-0.05, 0) is 30.9 Å². The molecule has 0 saturated heterocycles. The van der Waals surface area contributed by atoms with Crippen molar-refractivity contribution in [2.45, 2.75) is 19.3 Å². The van der Waals surface area contributed by atoms with Gasteiger partial charge in [0.15, 0.2) is 5.96 Å². The van der Waals surface area contributed by atoms with Gasteiger partial charge in [-0.1, -0.05) is 24.6 Å². The van der Waals surface area contributed by atoms with Crippen LogP contribution < -0.4 is 14.8 Å². The summed E-state index contributed by atoms with van der Waals surface area (Å²) in [4.78, 5) is 6.10. The Balaban J connectivity index is 0.00000364. The summed E-state index contributed by atoms with van der Waals surface area (Å²) in [5.74, 6) is 2.03. The van der Waals surface area contributed by atoms with Crippen LogP contribution in [0.3, 0.4) is 0 Å². The molecule has 0 heterocycles. The molecular weight excluding hydrogens is 479 g/mol. The van der Waals surface area contributed by atoms with E-state index in [0.29, 0.717) is 38.1 Å². The summed E-state index contributed by atoms with van der Waals surface area (Å²) in [6.07, 6.45) is 3.47. The largest absolute Gasteiger partial charge is 0.492 e. The lowest BCUT2D eigenvalue weighted by Gasteiger charge is -2.25. The zero-order chi connectivity index (χ0) is 18.8. The minimum absolute atomic E-state index is 0. The third-order valence-corrected chi connectivity index (χ3v) is 5.83. The normalized spacial score (nSPS) is 14.8. The lowest BCUT2D eigenvalue weighted by molar-refractivity contribution is 0.281. The van der Waals surface area contributed by atoms with E-state index < -0.39 is 10.0 Å².